The lowest BCUT2D eigenvalue weighted by Gasteiger charge is -2.17. The predicted octanol–water partition coefficient (Wildman–Crippen LogP) is 3.41. The maximum absolute atomic E-state index is 12.2. The van der Waals surface area contributed by atoms with Gasteiger partial charge in [-0.15, -0.1) is 11.3 Å². The van der Waals surface area contributed by atoms with Crippen molar-refractivity contribution in [1.29, 1.82) is 10.5 Å². The lowest BCUT2D eigenvalue weighted by Crippen LogP contribution is -2.20. The average molecular weight is 379 g/mol. The first-order chi connectivity index (χ1) is 13.0. The molecule has 1 amide bonds. The number of nitriles is 2. The van der Waals surface area contributed by atoms with Crippen LogP contribution in [-0.4, -0.2) is 18.5 Å². The first-order valence-electron chi connectivity index (χ1n) is 8.53. The zero-order valence-corrected chi connectivity index (χ0v) is 15.6. The Hall–Kier alpha value is -3.16. The molecule has 1 heterocycles. The number of nitrogens with one attached hydrogen (secondary N) is 1. The summed E-state index contributed by atoms with van der Waals surface area (Å²) < 4.78 is 5.02. The second-order valence-corrected chi connectivity index (χ2v) is 7.59. The van der Waals surface area contributed by atoms with Gasteiger partial charge in [0.05, 0.1) is 22.8 Å². The van der Waals surface area contributed by atoms with Gasteiger partial charge in [0.2, 0.25) is 0 Å². The summed E-state index contributed by atoms with van der Waals surface area (Å²) in [6.45, 7) is 1.73. The minimum absolute atomic E-state index is 0.264. The lowest BCUT2D eigenvalue weighted by atomic mass is 9.89. The monoisotopic (exact) mass is 379 g/mol. The second kappa shape index (κ2) is 8.03. The van der Waals surface area contributed by atoms with E-state index in [-0.39, 0.29) is 5.56 Å². The molecular weight excluding hydrogens is 362 g/mol. The third-order valence-corrected chi connectivity index (χ3v) is 5.63. The van der Waals surface area contributed by atoms with Gasteiger partial charge in [-0.1, -0.05) is 6.92 Å². The number of fused-ring (bicyclic) bond motifs is 1. The zero-order chi connectivity index (χ0) is 19.4. The summed E-state index contributed by atoms with van der Waals surface area (Å²) in [5.41, 5.74) is 2.25. The number of benzene rings is 1. The molecule has 0 bridgehead atoms. The molecule has 6 nitrogen and oxygen atoms in total. The van der Waals surface area contributed by atoms with Gasteiger partial charge in [-0.2, -0.15) is 10.5 Å². The van der Waals surface area contributed by atoms with Gasteiger partial charge in [0, 0.05) is 4.88 Å². The highest BCUT2D eigenvalue weighted by Crippen LogP contribution is 2.39. The lowest BCUT2D eigenvalue weighted by molar-refractivity contribution is -0.119. The van der Waals surface area contributed by atoms with E-state index in [1.165, 1.54) is 35.6 Å². The second-order valence-electron chi connectivity index (χ2n) is 6.48. The van der Waals surface area contributed by atoms with Gasteiger partial charge in [-0.3, -0.25) is 4.79 Å². The van der Waals surface area contributed by atoms with Crippen LogP contribution in [0.15, 0.2) is 24.3 Å². The Morgan fingerprint density at radius 3 is 2.67 bits per heavy atom. The molecule has 3 rings (SSSR count). The Labute approximate surface area is 161 Å². The van der Waals surface area contributed by atoms with Gasteiger partial charge in [-0.25, -0.2) is 4.79 Å². The molecule has 136 valence electrons. The van der Waals surface area contributed by atoms with Gasteiger partial charge in [0.25, 0.3) is 5.91 Å². The third-order valence-electron chi connectivity index (χ3n) is 4.46. The van der Waals surface area contributed by atoms with Gasteiger partial charge in [0.15, 0.2) is 6.61 Å². The van der Waals surface area contributed by atoms with Gasteiger partial charge in [0.1, 0.15) is 11.1 Å². The summed E-state index contributed by atoms with van der Waals surface area (Å²) in [6, 6.07) is 10.1. The summed E-state index contributed by atoms with van der Waals surface area (Å²) >= 11 is 1.43. The van der Waals surface area contributed by atoms with Crippen LogP contribution in [0.3, 0.4) is 0 Å². The van der Waals surface area contributed by atoms with Crippen molar-refractivity contribution in [3.8, 4) is 12.1 Å². The number of carbonyl (C=O) groups is 2. The number of hydrogen-bond acceptors (Lipinski definition) is 6. The van der Waals surface area contributed by atoms with Crippen LogP contribution in [0, 0.1) is 28.6 Å². The molecule has 1 atom stereocenters. The smallest absolute Gasteiger partial charge is 0.338 e. The van der Waals surface area contributed by atoms with Crippen LogP contribution in [0.1, 0.15) is 45.3 Å². The molecule has 0 aliphatic heterocycles. The molecule has 0 fully saturated rings. The van der Waals surface area contributed by atoms with Crippen LogP contribution in [-0.2, 0) is 22.4 Å². The van der Waals surface area contributed by atoms with E-state index in [9.17, 15) is 14.9 Å². The van der Waals surface area contributed by atoms with E-state index < -0.39 is 18.5 Å². The fourth-order valence-corrected chi connectivity index (χ4v) is 4.39. The molecule has 1 aliphatic carbocycles. The zero-order valence-electron chi connectivity index (χ0n) is 14.7. The molecular formula is C20H17N3O3S. The molecule has 0 unspecified atom stereocenters. The van der Waals surface area contributed by atoms with E-state index >= 15 is 0 Å². The topological polar surface area (TPSA) is 103 Å². The van der Waals surface area contributed by atoms with E-state index in [2.05, 4.69) is 18.3 Å². The Kier molecular flexibility index (Phi) is 5.54. The number of nitrogens with zero attached hydrogens (tertiary/aromatic N) is 2. The Morgan fingerprint density at radius 2 is 2.00 bits per heavy atom. The number of thiophene rings is 1. The molecule has 2 aromatic rings. The van der Waals surface area contributed by atoms with E-state index in [1.54, 1.807) is 0 Å². The molecule has 0 saturated carbocycles. The molecule has 1 aliphatic rings. The fourth-order valence-electron chi connectivity index (χ4n) is 3.02. The predicted molar refractivity (Wildman–Crippen MR) is 100 cm³/mol. The Bertz CT molecular complexity index is 964. The first-order valence-corrected chi connectivity index (χ1v) is 9.35. The number of hydrogen-bond donors (Lipinski definition) is 1. The molecule has 1 aromatic carbocycles. The van der Waals surface area contributed by atoms with Gasteiger partial charge in [-0.05, 0) is 55.0 Å². The van der Waals surface area contributed by atoms with Crippen molar-refractivity contribution < 1.29 is 14.3 Å². The number of anilines is 1. The summed E-state index contributed by atoms with van der Waals surface area (Å²) in [4.78, 5) is 25.3. The van der Waals surface area contributed by atoms with Crippen molar-refractivity contribution in [3.63, 3.8) is 0 Å². The van der Waals surface area contributed by atoms with Crippen LogP contribution < -0.4 is 5.32 Å². The number of carbonyl (C=O) groups excluding carboxylic acids is 2. The van der Waals surface area contributed by atoms with Crippen molar-refractivity contribution >= 4 is 28.2 Å². The molecule has 27 heavy (non-hydrogen) atoms. The van der Waals surface area contributed by atoms with Gasteiger partial charge < -0.3 is 10.1 Å². The quantitative estimate of drug-likeness (QED) is 0.820. The maximum atomic E-state index is 12.2. The first kappa shape index (κ1) is 18.6. The van der Waals surface area contributed by atoms with Crippen molar-refractivity contribution in [2.45, 2.75) is 26.2 Å². The summed E-state index contributed by atoms with van der Waals surface area (Å²) in [6.07, 6.45) is 2.80. The molecule has 0 radical (unpaired) electrons. The highest BCUT2D eigenvalue weighted by Gasteiger charge is 2.24. The Balaban J connectivity index is 1.62. The highest BCUT2D eigenvalue weighted by molar-refractivity contribution is 7.16. The number of rotatable bonds is 4. The van der Waals surface area contributed by atoms with Crippen LogP contribution in [0.2, 0.25) is 0 Å². The highest BCUT2D eigenvalue weighted by atomic mass is 32.1. The minimum Gasteiger partial charge on any atom is -0.452 e. The maximum Gasteiger partial charge on any atom is 0.338 e. The molecule has 0 saturated heterocycles. The summed E-state index contributed by atoms with van der Waals surface area (Å²) in [5.74, 6) is -0.561. The number of ether oxygens (including phenoxy) is 1. The van der Waals surface area contributed by atoms with Crippen LogP contribution in [0.25, 0.3) is 0 Å². The summed E-state index contributed by atoms with van der Waals surface area (Å²) in [7, 11) is 0. The Morgan fingerprint density at radius 1 is 1.26 bits per heavy atom. The van der Waals surface area contributed by atoms with Crippen LogP contribution in [0.4, 0.5) is 5.00 Å². The van der Waals surface area contributed by atoms with E-state index in [0.717, 1.165) is 29.7 Å². The van der Waals surface area contributed by atoms with E-state index in [4.69, 9.17) is 10.00 Å². The molecule has 0 spiro atoms. The van der Waals surface area contributed by atoms with Crippen LogP contribution in [0.5, 0.6) is 0 Å². The molecule has 1 N–H and O–H groups in total. The standard InChI is InChI=1S/C20H17N3O3S/c1-12-2-7-15-16(10-22)19(27-17(15)8-12)23-18(24)11-26-20(25)14-5-3-13(9-21)4-6-14/h3-6,12H,2,7-8,11H2,1H3,(H,23,24)/t12-/m0/s1. The fraction of sp³-hybridized carbons (Fsp3) is 0.300. The number of amides is 1. The largest absolute Gasteiger partial charge is 0.452 e. The van der Waals surface area contributed by atoms with E-state index in [1.807, 2.05) is 6.07 Å². The molecule has 7 heteroatoms. The normalized spacial score (nSPS) is 15.1. The van der Waals surface area contributed by atoms with Crippen molar-refractivity contribution in [2.24, 2.45) is 5.92 Å². The van der Waals surface area contributed by atoms with Gasteiger partial charge >= 0.3 is 5.97 Å². The summed E-state index contributed by atoms with van der Waals surface area (Å²) in [5, 5.41) is 21.4. The van der Waals surface area contributed by atoms with Crippen LogP contribution >= 0.6 is 11.3 Å². The number of esters is 1. The third kappa shape index (κ3) is 4.16. The van der Waals surface area contributed by atoms with Crippen molar-refractivity contribution in [1.82, 2.24) is 0 Å². The molecule has 1 aromatic heterocycles. The minimum atomic E-state index is -0.644. The van der Waals surface area contributed by atoms with Crippen molar-refractivity contribution in [3.05, 3.63) is 51.4 Å². The van der Waals surface area contributed by atoms with E-state index in [0.29, 0.717) is 22.0 Å². The SMILES string of the molecule is C[C@H]1CCc2c(sc(NC(=O)COC(=O)c3ccc(C#N)cc3)c2C#N)C1. The van der Waals surface area contributed by atoms with Crippen molar-refractivity contribution in [2.75, 3.05) is 11.9 Å². The average Bonchev–Trinajstić information content (AvgIpc) is 3.01.